The molecule has 0 unspecified atom stereocenters. The number of rotatable bonds is 6. The molecule has 3 nitrogen and oxygen atoms in total. The third-order valence-corrected chi connectivity index (χ3v) is 17.3. The van der Waals surface area contributed by atoms with E-state index < -0.39 is 8.07 Å². The standard InChI is InChI=1S/C54H36BNO2Si/c1-4-17-39(18-5-1)59(40-19-6-2-7-20-40,41-21-8-3-9-22-41)53-30-15-12-23-42(53)37-31-33-50-46(35-37)45-26-16-29-52-54(45)55(58-50)47-36-38(32-34-51(47)57-52)56-48-27-13-10-24-43(48)44-25-11-14-28-49(44)56/h1-36H. The Kier molecular flexibility index (Phi) is 7.65. The quantitative estimate of drug-likeness (QED) is 0.125. The molecule has 10 aromatic rings. The zero-order chi connectivity index (χ0) is 38.9. The van der Waals surface area contributed by atoms with Gasteiger partial charge in [0.1, 0.15) is 17.2 Å². The Morgan fingerprint density at radius 3 is 1.63 bits per heavy atom. The molecule has 0 N–H and O–H groups in total. The molecule has 276 valence electrons. The van der Waals surface area contributed by atoms with Crippen LogP contribution in [0.25, 0.3) is 49.7 Å². The van der Waals surface area contributed by atoms with Crippen LogP contribution in [-0.2, 0) is 0 Å². The third kappa shape index (κ3) is 5.08. The summed E-state index contributed by atoms with van der Waals surface area (Å²) >= 11 is 0. The van der Waals surface area contributed by atoms with E-state index in [1.165, 1.54) is 48.1 Å². The minimum absolute atomic E-state index is 0.321. The van der Waals surface area contributed by atoms with Crippen LogP contribution < -0.4 is 41.1 Å². The van der Waals surface area contributed by atoms with Crippen molar-refractivity contribution in [2.45, 2.75) is 0 Å². The summed E-state index contributed by atoms with van der Waals surface area (Å²) in [7, 11) is -2.81. The molecule has 0 saturated carbocycles. The summed E-state index contributed by atoms with van der Waals surface area (Å²) in [5, 5.41) is 7.87. The maximum absolute atomic E-state index is 7.13. The third-order valence-electron chi connectivity index (χ3n) is 12.4. The lowest BCUT2D eigenvalue weighted by atomic mass is 9.51. The number of nitrogens with zero attached hydrogens (tertiary/aromatic N) is 1. The molecule has 0 spiro atoms. The van der Waals surface area contributed by atoms with E-state index in [0.29, 0.717) is 0 Å². The smallest absolute Gasteiger partial charge is 0.434 e. The summed E-state index contributed by atoms with van der Waals surface area (Å²) in [6.45, 7) is -0.321. The van der Waals surface area contributed by atoms with Crippen molar-refractivity contribution in [1.29, 1.82) is 0 Å². The predicted molar refractivity (Wildman–Crippen MR) is 247 cm³/mol. The van der Waals surface area contributed by atoms with Gasteiger partial charge in [0.05, 0.1) is 11.0 Å². The topological polar surface area (TPSA) is 23.4 Å². The molecular formula is C54H36BNO2Si. The minimum Gasteiger partial charge on any atom is -0.551 e. The van der Waals surface area contributed by atoms with Gasteiger partial charge in [0, 0.05) is 32.9 Å². The summed E-state index contributed by atoms with van der Waals surface area (Å²) in [6.07, 6.45) is 0. The highest BCUT2D eigenvalue weighted by molar-refractivity contribution is 7.20. The fraction of sp³-hybridized carbons (Fsp3) is 0. The highest BCUT2D eigenvalue weighted by Gasteiger charge is 2.44. The largest absolute Gasteiger partial charge is 0.551 e. The maximum atomic E-state index is 7.13. The molecule has 0 bridgehead atoms. The molecule has 0 radical (unpaired) electrons. The van der Waals surface area contributed by atoms with Crippen molar-refractivity contribution < 1.29 is 9.39 Å². The molecule has 2 aliphatic rings. The Hall–Kier alpha value is -7.34. The molecule has 12 rings (SSSR count). The van der Waals surface area contributed by atoms with Crippen molar-refractivity contribution in [3.8, 4) is 45.2 Å². The molecule has 0 amide bonds. The Balaban J connectivity index is 1.02. The molecule has 9 aromatic carbocycles. The number of hydrogen-bond acceptors (Lipinski definition) is 2. The van der Waals surface area contributed by atoms with Crippen LogP contribution in [0, 0.1) is 0 Å². The van der Waals surface area contributed by atoms with Crippen LogP contribution >= 0.6 is 0 Å². The fourth-order valence-corrected chi connectivity index (χ4v) is 14.9. The molecular weight excluding hydrogens is 733 g/mol. The van der Waals surface area contributed by atoms with Gasteiger partial charge in [-0.25, -0.2) is 0 Å². The second-order valence-electron chi connectivity index (χ2n) is 15.5. The molecule has 0 fully saturated rings. The van der Waals surface area contributed by atoms with Gasteiger partial charge in [0.15, 0.2) is 8.07 Å². The number of benzene rings is 9. The molecule has 5 heteroatoms. The van der Waals surface area contributed by atoms with Crippen LogP contribution in [0.3, 0.4) is 0 Å². The van der Waals surface area contributed by atoms with Gasteiger partial charge in [-0.3, -0.25) is 0 Å². The van der Waals surface area contributed by atoms with Gasteiger partial charge in [-0.1, -0.05) is 170 Å². The second-order valence-corrected chi connectivity index (χ2v) is 19.3. The summed E-state index contributed by atoms with van der Waals surface area (Å²) in [5.74, 6) is 2.53. The molecule has 2 aliphatic heterocycles. The van der Waals surface area contributed by atoms with Crippen molar-refractivity contribution >= 4 is 68.5 Å². The Morgan fingerprint density at radius 1 is 0.407 bits per heavy atom. The second kappa shape index (κ2) is 13.4. The molecule has 0 aliphatic carbocycles. The van der Waals surface area contributed by atoms with Crippen LogP contribution in [0.15, 0.2) is 218 Å². The van der Waals surface area contributed by atoms with E-state index >= 15 is 0 Å². The fourth-order valence-electron chi connectivity index (χ4n) is 9.94. The first-order valence-corrected chi connectivity index (χ1v) is 22.3. The van der Waals surface area contributed by atoms with Crippen molar-refractivity contribution in [2.75, 3.05) is 0 Å². The first-order chi connectivity index (χ1) is 29.3. The highest BCUT2D eigenvalue weighted by atomic mass is 28.3. The van der Waals surface area contributed by atoms with Gasteiger partial charge in [0.2, 0.25) is 0 Å². The average molecular weight is 770 g/mol. The Labute approximate surface area is 344 Å². The molecule has 59 heavy (non-hydrogen) atoms. The monoisotopic (exact) mass is 769 g/mol. The summed E-state index contributed by atoms with van der Waals surface area (Å²) in [6, 6.07) is 79.4. The number of para-hydroxylation sites is 2. The number of hydrogen-bond donors (Lipinski definition) is 0. The molecule has 3 heterocycles. The van der Waals surface area contributed by atoms with Crippen LogP contribution in [-0.4, -0.2) is 19.6 Å². The minimum atomic E-state index is -2.81. The van der Waals surface area contributed by atoms with E-state index in [0.717, 1.165) is 50.6 Å². The first-order valence-electron chi connectivity index (χ1n) is 20.3. The van der Waals surface area contributed by atoms with Crippen molar-refractivity contribution in [3.05, 3.63) is 218 Å². The van der Waals surface area contributed by atoms with Gasteiger partial charge in [-0.15, -0.1) is 0 Å². The van der Waals surface area contributed by atoms with E-state index in [-0.39, 0.29) is 6.92 Å². The predicted octanol–water partition coefficient (Wildman–Crippen LogP) is 9.10. The Bertz CT molecular complexity index is 3090. The lowest BCUT2D eigenvalue weighted by molar-refractivity contribution is 0.479. The van der Waals surface area contributed by atoms with E-state index in [9.17, 15) is 0 Å². The van der Waals surface area contributed by atoms with Crippen LogP contribution in [0.2, 0.25) is 0 Å². The average Bonchev–Trinajstić information content (AvgIpc) is 3.65. The van der Waals surface area contributed by atoms with Crippen LogP contribution in [0.1, 0.15) is 0 Å². The van der Waals surface area contributed by atoms with Gasteiger partial charge >= 0.3 is 6.92 Å². The number of aromatic nitrogens is 1. The zero-order valence-electron chi connectivity index (χ0n) is 32.1. The lowest BCUT2D eigenvalue weighted by Gasteiger charge is -2.36. The molecule has 0 atom stereocenters. The summed E-state index contributed by atoms with van der Waals surface area (Å²) < 4.78 is 16.2. The maximum Gasteiger partial charge on any atom is 0.434 e. The number of ether oxygens (including phenoxy) is 1. The van der Waals surface area contributed by atoms with Gasteiger partial charge in [-0.2, -0.15) is 0 Å². The van der Waals surface area contributed by atoms with E-state index in [1.54, 1.807) is 0 Å². The molecule has 1 aromatic heterocycles. The van der Waals surface area contributed by atoms with E-state index in [1.807, 2.05) is 0 Å². The Morgan fingerprint density at radius 2 is 0.966 bits per heavy atom. The zero-order valence-corrected chi connectivity index (χ0v) is 33.1. The van der Waals surface area contributed by atoms with E-state index in [2.05, 4.69) is 223 Å². The SMILES string of the molecule is c1ccc([Si](c2ccccc2)(c2ccccc2)c2ccccc2-c2ccc3c(c2)-c2cccc4c2B(O3)c2cc(-n3c5ccccc5c5ccccc53)ccc2O4)cc1. The van der Waals surface area contributed by atoms with Gasteiger partial charge in [0.25, 0.3) is 0 Å². The van der Waals surface area contributed by atoms with Crippen LogP contribution in [0.4, 0.5) is 0 Å². The summed E-state index contributed by atoms with van der Waals surface area (Å²) in [4.78, 5) is 0. The van der Waals surface area contributed by atoms with Gasteiger partial charge < -0.3 is 14.0 Å². The van der Waals surface area contributed by atoms with E-state index in [4.69, 9.17) is 9.39 Å². The van der Waals surface area contributed by atoms with Crippen molar-refractivity contribution in [1.82, 2.24) is 4.57 Å². The highest BCUT2D eigenvalue weighted by Crippen LogP contribution is 2.41. The molecule has 0 saturated heterocycles. The van der Waals surface area contributed by atoms with Gasteiger partial charge in [-0.05, 0) is 86.0 Å². The van der Waals surface area contributed by atoms with Crippen molar-refractivity contribution in [2.24, 2.45) is 0 Å². The lowest BCUT2D eigenvalue weighted by Crippen LogP contribution is -2.75. The van der Waals surface area contributed by atoms with Crippen LogP contribution in [0.5, 0.6) is 17.2 Å². The normalized spacial score (nSPS) is 12.6. The number of fused-ring (bicyclic) bond motifs is 7. The first kappa shape index (κ1) is 33.8. The summed E-state index contributed by atoms with van der Waals surface area (Å²) in [5.41, 5.74) is 10.1. The van der Waals surface area contributed by atoms with Crippen molar-refractivity contribution in [3.63, 3.8) is 0 Å².